The molecule has 0 heterocycles. The molecule has 0 radical (unpaired) electrons. The maximum Gasteiger partial charge on any atom is 0.183 e. The minimum absolute atomic E-state index is 0.220. The zero-order valence-corrected chi connectivity index (χ0v) is 4.56. The molecule has 0 aliphatic carbocycles. The molecule has 2 nitrogen and oxygen atoms in total. The highest BCUT2D eigenvalue weighted by Gasteiger charge is 1.74. The Morgan fingerprint density at radius 3 is 2.43 bits per heavy atom. The molecule has 0 fully saturated rings. The molecule has 0 rings (SSSR count). The monoisotopic (exact) mass is 99.1 g/mol. The molecule has 7 heavy (non-hydrogen) atoms. The lowest BCUT2D eigenvalue weighted by molar-refractivity contribution is 0.463. The van der Waals surface area contributed by atoms with Gasteiger partial charge in [-0.2, -0.15) is 0 Å². The third-order valence-corrected chi connectivity index (χ3v) is 0.381. The highest BCUT2D eigenvalue weighted by molar-refractivity contribution is 5.69. The summed E-state index contributed by atoms with van der Waals surface area (Å²) < 4.78 is 4.59. The van der Waals surface area contributed by atoms with Crippen LogP contribution in [0.15, 0.2) is 12.3 Å². The maximum atomic E-state index is 6.72. The smallest absolute Gasteiger partial charge is 0.183 e. The Kier molecular flexibility index (Phi) is 3.02. The summed E-state index contributed by atoms with van der Waals surface area (Å²) in [6, 6.07) is 0. The van der Waals surface area contributed by atoms with E-state index in [0.29, 0.717) is 0 Å². The van der Waals surface area contributed by atoms with Crippen molar-refractivity contribution in [2.45, 2.75) is 13.8 Å². The molecule has 0 spiro atoms. The first-order valence-electron chi connectivity index (χ1n) is 2.10. The Balaban J connectivity index is 3.14. The molecule has 2 heteroatoms. The second-order valence-corrected chi connectivity index (χ2v) is 1.14. The number of allylic oxidation sites excluding steroid dienone is 1. The summed E-state index contributed by atoms with van der Waals surface area (Å²) in [5.41, 5.74) is 0. The van der Waals surface area contributed by atoms with E-state index in [0.717, 1.165) is 0 Å². The summed E-state index contributed by atoms with van der Waals surface area (Å²) in [6.07, 6.45) is 3.21. The van der Waals surface area contributed by atoms with Gasteiger partial charge < -0.3 is 4.74 Å². The van der Waals surface area contributed by atoms with Gasteiger partial charge in [0.2, 0.25) is 0 Å². The highest BCUT2D eigenvalue weighted by atomic mass is 16.5. The lowest BCUT2D eigenvalue weighted by atomic mass is 10.7. The van der Waals surface area contributed by atoms with Crippen LogP contribution in [0.1, 0.15) is 13.8 Å². The van der Waals surface area contributed by atoms with Gasteiger partial charge in [0, 0.05) is 6.92 Å². The van der Waals surface area contributed by atoms with E-state index in [9.17, 15) is 0 Å². The van der Waals surface area contributed by atoms with Crippen LogP contribution in [0.5, 0.6) is 0 Å². The normalized spacial score (nSPS) is 9.43. The molecular formula is C5H9NO. The minimum atomic E-state index is 0.220. The zero-order valence-electron chi connectivity index (χ0n) is 4.56. The van der Waals surface area contributed by atoms with E-state index in [-0.39, 0.29) is 5.90 Å². The largest absolute Gasteiger partial charge is 0.452 e. The molecule has 0 aliphatic rings. The molecule has 1 N–H and O–H groups in total. The molecule has 0 atom stereocenters. The van der Waals surface area contributed by atoms with Crippen LogP contribution in [0.25, 0.3) is 0 Å². The third kappa shape index (κ3) is 5.21. The Labute approximate surface area is 43.3 Å². The SMILES string of the molecule is C/C=C/OC(C)=N. The minimum Gasteiger partial charge on any atom is -0.452 e. The van der Waals surface area contributed by atoms with Gasteiger partial charge in [-0.05, 0) is 6.92 Å². The molecule has 0 aliphatic heterocycles. The Bertz CT molecular complexity index is 86.1. The van der Waals surface area contributed by atoms with Gasteiger partial charge in [-0.3, -0.25) is 5.41 Å². The van der Waals surface area contributed by atoms with Gasteiger partial charge in [0.25, 0.3) is 0 Å². The highest BCUT2D eigenvalue weighted by Crippen LogP contribution is 1.76. The van der Waals surface area contributed by atoms with Crippen LogP contribution in [0.3, 0.4) is 0 Å². The average molecular weight is 99.1 g/mol. The predicted octanol–water partition coefficient (Wildman–Crippen LogP) is 1.53. The van der Waals surface area contributed by atoms with Crippen molar-refractivity contribution in [3.8, 4) is 0 Å². The van der Waals surface area contributed by atoms with Gasteiger partial charge in [-0.25, -0.2) is 0 Å². The van der Waals surface area contributed by atoms with Crippen molar-refractivity contribution in [3.05, 3.63) is 12.3 Å². The molecule has 0 amide bonds. The van der Waals surface area contributed by atoms with Crippen LogP contribution in [-0.4, -0.2) is 5.90 Å². The van der Waals surface area contributed by atoms with E-state index in [4.69, 9.17) is 5.41 Å². The van der Waals surface area contributed by atoms with Crippen LogP contribution in [0.2, 0.25) is 0 Å². The summed E-state index contributed by atoms with van der Waals surface area (Å²) >= 11 is 0. The van der Waals surface area contributed by atoms with E-state index >= 15 is 0 Å². The standard InChI is InChI=1S/C5H9NO/c1-3-4-7-5(2)6/h3-4,6H,1-2H3/b4-3+,6-5?. The molecule has 40 valence electrons. The topological polar surface area (TPSA) is 33.1 Å². The molecule has 0 aromatic heterocycles. The molecule has 0 aromatic rings. The van der Waals surface area contributed by atoms with E-state index in [1.54, 1.807) is 13.0 Å². The quantitative estimate of drug-likeness (QED) is 0.302. The zero-order chi connectivity index (χ0) is 5.70. The number of ether oxygens (including phenoxy) is 1. The van der Waals surface area contributed by atoms with E-state index in [1.807, 2.05) is 6.92 Å². The molecular weight excluding hydrogens is 90.1 g/mol. The van der Waals surface area contributed by atoms with Crippen LogP contribution in [-0.2, 0) is 4.74 Å². The second kappa shape index (κ2) is 3.40. The van der Waals surface area contributed by atoms with Crippen LogP contribution in [0.4, 0.5) is 0 Å². The molecule has 0 saturated heterocycles. The third-order valence-electron chi connectivity index (χ3n) is 0.381. The van der Waals surface area contributed by atoms with Crippen LogP contribution < -0.4 is 0 Å². The Hall–Kier alpha value is -0.790. The predicted molar refractivity (Wildman–Crippen MR) is 29.3 cm³/mol. The first-order valence-corrected chi connectivity index (χ1v) is 2.10. The van der Waals surface area contributed by atoms with Crippen molar-refractivity contribution >= 4 is 5.90 Å². The Morgan fingerprint density at radius 1 is 1.71 bits per heavy atom. The van der Waals surface area contributed by atoms with E-state index in [1.165, 1.54) is 6.26 Å². The van der Waals surface area contributed by atoms with Gasteiger partial charge >= 0.3 is 0 Å². The van der Waals surface area contributed by atoms with E-state index in [2.05, 4.69) is 4.74 Å². The number of rotatable bonds is 1. The van der Waals surface area contributed by atoms with Gasteiger partial charge in [0.1, 0.15) is 0 Å². The van der Waals surface area contributed by atoms with Crippen LogP contribution in [0, 0.1) is 5.41 Å². The first kappa shape index (κ1) is 6.21. The average Bonchev–Trinajstić information content (AvgIpc) is 1.61. The van der Waals surface area contributed by atoms with Crippen molar-refractivity contribution in [3.63, 3.8) is 0 Å². The van der Waals surface area contributed by atoms with E-state index < -0.39 is 0 Å². The number of hydrogen-bond donors (Lipinski definition) is 1. The Morgan fingerprint density at radius 2 is 2.29 bits per heavy atom. The molecule has 0 aromatic carbocycles. The van der Waals surface area contributed by atoms with Gasteiger partial charge in [0.15, 0.2) is 5.90 Å². The molecule has 0 unspecified atom stereocenters. The summed E-state index contributed by atoms with van der Waals surface area (Å²) in [7, 11) is 0. The summed E-state index contributed by atoms with van der Waals surface area (Å²) in [4.78, 5) is 0. The van der Waals surface area contributed by atoms with Crippen molar-refractivity contribution in [2.75, 3.05) is 0 Å². The fourth-order valence-corrected chi connectivity index (χ4v) is 0.170. The maximum absolute atomic E-state index is 6.72. The second-order valence-electron chi connectivity index (χ2n) is 1.14. The first-order chi connectivity index (χ1) is 3.27. The van der Waals surface area contributed by atoms with Gasteiger partial charge in [0.05, 0.1) is 6.26 Å². The van der Waals surface area contributed by atoms with Crippen LogP contribution >= 0.6 is 0 Å². The number of nitrogens with one attached hydrogen (secondary N) is 1. The van der Waals surface area contributed by atoms with Crippen molar-refractivity contribution in [1.82, 2.24) is 0 Å². The molecule has 0 bridgehead atoms. The lowest BCUT2D eigenvalue weighted by Crippen LogP contribution is -1.86. The number of hydrogen-bond acceptors (Lipinski definition) is 2. The fraction of sp³-hybridized carbons (Fsp3) is 0.400. The fourth-order valence-electron chi connectivity index (χ4n) is 0.170. The summed E-state index contributed by atoms with van der Waals surface area (Å²) in [5.74, 6) is 0.220. The van der Waals surface area contributed by atoms with Gasteiger partial charge in [-0.15, -0.1) is 0 Å². The summed E-state index contributed by atoms with van der Waals surface area (Å²) in [5, 5.41) is 6.72. The van der Waals surface area contributed by atoms with Crippen molar-refractivity contribution in [1.29, 1.82) is 5.41 Å². The van der Waals surface area contributed by atoms with Crippen molar-refractivity contribution in [2.24, 2.45) is 0 Å². The summed E-state index contributed by atoms with van der Waals surface area (Å²) in [6.45, 7) is 3.42. The van der Waals surface area contributed by atoms with Gasteiger partial charge in [-0.1, -0.05) is 6.08 Å². The lowest BCUT2D eigenvalue weighted by Gasteiger charge is -1.89. The molecule has 0 saturated carbocycles. The van der Waals surface area contributed by atoms with Crippen molar-refractivity contribution < 1.29 is 4.74 Å².